The van der Waals surface area contributed by atoms with Crippen molar-refractivity contribution in [2.75, 3.05) is 19.0 Å². The zero-order chi connectivity index (χ0) is 19.2. The van der Waals surface area contributed by atoms with Crippen molar-refractivity contribution in [3.8, 4) is 11.3 Å². The van der Waals surface area contributed by atoms with Gasteiger partial charge in [0.05, 0.1) is 17.8 Å². The van der Waals surface area contributed by atoms with Crippen molar-refractivity contribution in [2.45, 2.75) is 13.3 Å². The Hall–Kier alpha value is -2.99. The Bertz CT molecular complexity index is 930. The zero-order valence-corrected chi connectivity index (χ0v) is 16.5. The van der Waals surface area contributed by atoms with Crippen molar-refractivity contribution < 1.29 is 4.79 Å². The molecule has 2 aromatic carbocycles. The van der Waals surface area contributed by atoms with E-state index in [0.29, 0.717) is 0 Å². The van der Waals surface area contributed by atoms with Crippen molar-refractivity contribution in [1.29, 1.82) is 0 Å². The molecular weight excluding hydrogens is 356 g/mol. The summed E-state index contributed by atoms with van der Waals surface area (Å²) in [5, 5.41) is 6.95. The molecule has 0 radical (unpaired) electrons. The third-order valence-electron chi connectivity index (χ3n) is 4.08. The quantitative estimate of drug-likeness (QED) is 0.522. The maximum Gasteiger partial charge on any atom is 0.246 e. The van der Waals surface area contributed by atoms with Gasteiger partial charge in [-0.1, -0.05) is 42.5 Å². The van der Waals surface area contributed by atoms with Gasteiger partial charge in [0, 0.05) is 30.7 Å². The number of aromatic nitrogens is 1. The molecule has 0 unspecified atom stereocenters. The number of benzene rings is 2. The number of amides is 1. The van der Waals surface area contributed by atoms with Crippen LogP contribution in [0.2, 0.25) is 0 Å². The van der Waals surface area contributed by atoms with Gasteiger partial charge in [0.25, 0.3) is 0 Å². The Balaban J connectivity index is 1.59. The van der Waals surface area contributed by atoms with Crippen LogP contribution in [0.1, 0.15) is 17.5 Å². The molecule has 27 heavy (non-hydrogen) atoms. The van der Waals surface area contributed by atoms with Gasteiger partial charge in [-0.15, -0.1) is 11.3 Å². The van der Waals surface area contributed by atoms with E-state index in [2.05, 4.69) is 15.5 Å². The number of hydrogen-bond acceptors (Lipinski definition) is 5. The lowest BCUT2D eigenvalue weighted by molar-refractivity contribution is -0.120. The van der Waals surface area contributed by atoms with Gasteiger partial charge < -0.3 is 4.90 Å². The molecule has 1 heterocycles. The first kappa shape index (κ1) is 18.8. The zero-order valence-electron chi connectivity index (χ0n) is 15.6. The Morgan fingerprint density at radius 1 is 1.11 bits per heavy atom. The first-order valence-corrected chi connectivity index (χ1v) is 9.51. The monoisotopic (exact) mass is 378 g/mol. The van der Waals surface area contributed by atoms with Gasteiger partial charge in [-0.2, -0.15) is 5.10 Å². The minimum atomic E-state index is -0.173. The Morgan fingerprint density at radius 3 is 2.48 bits per heavy atom. The average molecular weight is 379 g/mol. The second-order valence-corrected chi connectivity index (χ2v) is 7.29. The number of hydrazone groups is 1. The van der Waals surface area contributed by atoms with Crippen LogP contribution in [0.15, 0.2) is 65.1 Å². The standard InChI is InChI=1S/C21H22N4OS/c1-15(16-9-11-18(12-10-16)25(2)3)23-24-20(26)13-21-22-19(14-27-21)17-7-5-4-6-8-17/h4-12,14H,13H2,1-3H3,(H,24,26)/b23-15-. The largest absolute Gasteiger partial charge is 0.378 e. The number of nitrogens with one attached hydrogen (secondary N) is 1. The molecule has 0 bridgehead atoms. The van der Waals surface area contributed by atoms with Gasteiger partial charge in [0.2, 0.25) is 5.91 Å². The van der Waals surface area contributed by atoms with Gasteiger partial charge in [0.15, 0.2) is 0 Å². The van der Waals surface area contributed by atoms with E-state index in [0.717, 1.165) is 33.2 Å². The number of carbonyl (C=O) groups excluding carboxylic acids is 1. The molecule has 6 heteroatoms. The van der Waals surface area contributed by atoms with E-state index >= 15 is 0 Å². The van der Waals surface area contributed by atoms with E-state index in [1.165, 1.54) is 11.3 Å². The van der Waals surface area contributed by atoms with Gasteiger partial charge in [-0.05, 0) is 24.6 Å². The Kier molecular flexibility index (Phi) is 5.98. The summed E-state index contributed by atoms with van der Waals surface area (Å²) >= 11 is 1.48. The number of rotatable bonds is 6. The highest BCUT2D eigenvalue weighted by Crippen LogP contribution is 2.21. The lowest BCUT2D eigenvalue weighted by Crippen LogP contribution is -2.21. The molecule has 138 valence electrons. The summed E-state index contributed by atoms with van der Waals surface area (Å²) < 4.78 is 0. The van der Waals surface area contributed by atoms with Crippen LogP contribution in [-0.2, 0) is 11.2 Å². The summed E-state index contributed by atoms with van der Waals surface area (Å²) in [5.41, 5.74) is 7.42. The number of anilines is 1. The predicted octanol–water partition coefficient (Wildman–Crippen LogP) is 3.96. The lowest BCUT2D eigenvalue weighted by atomic mass is 10.1. The normalized spacial score (nSPS) is 11.3. The number of hydrogen-bond donors (Lipinski definition) is 1. The SMILES string of the molecule is C/C(=N/NC(=O)Cc1nc(-c2ccccc2)cs1)c1ccc(N(C)C)cc1. The highest BCUT2D eigenvalue weighted by molar-refractivity contribution is 7.10. The fourth-order valence-electron chi connectivity index (χ4n) is 2.52. The van der Waals surface area contributed by atoms with Crippen LogP contribution < -0.4 is 10.3 Å². The second-order valence-electron chi connectivity index (χ2n) is 6.34. The fraction of sp³-hybridized carbons (Fsp3) is 0.190. The molecule has 1 N–H and O–H groups in total. The molecule has 0 fully saturated rings. The van der Waals surface area contributed by atoms with Crippen molar-refractivity contribution >= 4 is 28.6 Å². The summed E-state index contributed by atoms with van der Waals surface area (Å²) in [6.45, 7) is 1.88. The second kappa shape index (κ2) is 8.60. The van der Waals surface area contributed by atoms with Crippen LogP contribution in [-0.4, -0.2) is 30.7 Å². The topological polar surface area (TPSA) is 57.6 Å². The van der Waals surface area contributed by atoms with Crippen LogP contribution in [0, 0.1) is 0 Å². The molecule has 1 aromatic heterocycles. The van der Waals surface area contributed by atoms with Crippen molar-refractivity contribution in [3.63, 3.8) is 0 Å². The first-order valence-electron chi connectivity index (χ1n) is 8.63. The molecule has 0 aliphatic rings. The molecule has 0 atom stereocenters. The maximum absolute atomic E-state index is 12.2. The van der Waals surface area contributed by atoms with Crippen LogP contribution in [0.3, 0.4) is 0 Å². The smallest absolute Gasteiger partial charge is 0.246 e. The third-order valence-corrected chi connectivity index (χ3v) is 4.93. The van der Waals surface area contributed by atoms with Crippen LogP contribution in [0.25, 0.3) is 11.3 Å². The number of thiazole rings is 1. The highest BCUT2D eigenvalue weighted by atomic mass is 32.1. The lowest BCUT2D eigenvalue weighted by Gasteiger charge is -2.12. The molecule has 0 saturated carbocycles. The van der Waals surface area contributed by atoms with Gasteiger partial charge in [-0.25, -0.2) is 10.4 Å². The molecule has 0 spiro atoms. The minimum absolute atomic E-state index is 0.173. The molecule has 5 nitrogen and oxygen atoms in total. The maximum atomic E-state index is 12.2. The molecule has 3 aromatic rings. The number of carbonyl (C=O) groups is 1. The minimum Gasteiger partial charge on any atom is -0.378 e. The van der Waals surface area contributed by atoms with Crippen molar-refractivity contribution in [1.82, 2.24) is 10.4 Å². The van der Waals surface area contributed by atoms with Gasteiger partial charge >= 0.3 is 0 Å². The van der Waals surface area contributed by atoms with Crippen LogP contribution in [0.4, 0.5) is 5.69 Å². The van der Waals surface area contributed by atoms with E-state index < -0.39 is 0 Å². The molecule has 3 rings (SSSR count). The summed E-state index contributed by atoms with van der Waals surface area (Å²) in [4.78, 5) is 18.8. The molecule has 0 saturated heterocycles. The molecule has 1 amide bonds. The number of nitrogens with zero attached hydrogens (tertiary/aromatic N) is 3. The summed E-state index contributed by atoms with van der Waals surface area (Å²) in [7, 11) is 4.00. The van der Waals surface area contributed by atoms with Crippen LogP contribution in [0.5, 0.6) is 0 Å². The van der Waals surface area contributed by atoms with Crippen molar-refractivity contribution in [2.24, 2.45) is 5.10 Å². The van der Waals surface area contributed by atoms with Crippen LogP contribution >= 0.6 is 11.3 Å². The summed E-state index contributed by atoms with van der Waals surface area (Å²) in [5.74, 6) is -0.173. The van der Waals surface area contributed by atoms with Crippen molar-refractivity contribution in [3.05, 3.63) is 70.5 Å². The highest BCUT2D eigenvalue weighted by Gasteiger charge is 2.09. The average Bonchev–Trinajstić information content (AvgIpc) is 3.15. The predicted molar refractivity (Wildman–Crippen MR) is 112 cm³/mol. The molecule has 0 aliphatic carbocycles. The summed E-state index contributed by atoms with van der Waals surface area (Å²) in [6, 6.07) is 18.0. The van der Waals surface area contributed by atoms with E-state index in [4.69, 9.17) is 0 Å². The van der Waals surface area contributed by atoms with Gasteiger partial charge in [0.1, 0.15) is 5.01 Å². The molecule has 0 aliphatic heterocycles. The van der Waals surface area contributed by atoms with Gasteiger partial charge in [-0.3, -0.25) is 4.79 Å². The molecular formula is C21H22N4OS. The Labute approximate surface area is 163 Å². The summed E-state index contributed by atoms with van der Waals surface area (Å²) in [6.07, 6.45) is 0.216. The fourth-order valence-corrected chi connectivity index (χ4v) is 3.32. The van der Waals surface area contributed by atoms with E-state index in [-0.39, 0.29) is 12.3 Å². The van der Waals surface area contributed by atoms with E-state index in [1.54, 1.807) is 0 Å². The van der Waals surface area contributed by atoms with E-state index in [1.807, 2.05) is 85.9 Å². The third kappa shape index (κ3) is 5.01. The van der Waals surface area contributed by atoms with E-state index in [9.17, 15) is 4.79 Å². The first-order chi connectivity index (χ1) is 13.0. The Morgan fingerprint density at radius 2 is 1.81 bits per heavy atom.